The summed E-state index contributed by atoms with van der Waals surface area (Å²) in [7, 11) is 0. The minimum atomic E-state index is 0.668. The summed E-state index contributed by atoms with van der Waals surface area (Å²) in [4.78, 5) is 2.64. The number of nitrogens with two attached hydrogens (primary N) is 1. The molecule has 0 heterocycles. The van der Waals surface area contributed by atoms with E-state index in [1.807, 2.05) is 0 Å². The summed E-state index contributed by atoms with van der Waals surface area (Å²) >= 11 is 0. The SMILES string of the molecule is CC(C)CC(CN)CN(CC1CC1)C(C)C. The lowest BCUT2D eigenvalue weighted by Crippen LogP contribution is -2.39. The van der Waals surface area contributed by atoms with Crippen LogP contribution in [0, 0.1) is 17.8 Å². The summed E-state index contributed by atoms with van der Waals surface area (Å²) in [6.07, 6.45) is 4.16. The third-order valence-corrected chi connectivity index (χ3v) is 3.55. The zero-order valence-corrected chi connectivity index (χ0v) is 11.6. The third kappa shape index (κ3) is 5.31. The average Bonchev–Trinajstić information content (AvgIpc) is 2.98. The Balaban J connectivity index is 2.37. The molecule has 1 aliphatic rings. The van der Waals surface area contributed by atoms with Crippen LogP contribution in [0.1, 0.15) is 47.0 Å². The van der Waals surface area contributed by atoms with Crippen LogP contribution in [0.5, 0.6) is 0 Å². The molecule has 1 aliphatic carbocycles. The van der Waals surface area contributed by atoms with Crippen LogP contribution in [-0.4, -0.2) is 30.6 Å². The molecule has 2 heteroatoms. The van der Waals surface area contributed by atoms with Crippen LogP contribution in [0.15, 0.2) is 0 Å². The van der Waals surface area contributed by atoms with Gasteiger partial charge in [-0.05, 0) is 57.4 Å². The van der Waals surface area contributed by atoms with Gasteiger partial charge in [-0.1, -0.05) is 13.8 Å². The molecule has 16 heavy (non-hydrogen) atoms. The number of hydrogen-bond acceptors (Lipinski definition) is 2. The Bertz CT molecular complexity index is 185. The second kappa shape index (κ2) is 6.61. The predicted molar refractivity (Wildman–Crippen MR) is 71.4 cm³/mol. The molecule has 2 N–H and O–H groups in total. The molecule has 1 atom stereocenters. The number of nitrogens with zero attached hydrogens (tertiary/aromatic N) is 1. The van der Waals surface area contributed by atoms with Gasteiger partial charge in [-0.25, -0.2) is 0 Å². The molecule has 96 valence electrons. The van der Waals surface area contributed by atoms with E-state index in [1.54, 1.807) is 0 Å². The lowest BCUT2D eigenvalue weighted by molar-refractivity contribution is 0.171. The molecule has 0 spiro atoms. The minimum Gasteiger partial charge on any atom is -0.330 e. The lowest BCUT2D eigenvalue weighted by atomic mass is 9.96. The first-order chi connectivity index (χ1) is 7.52. The smallest absolute Gasteiger partial charge is 0.00388 e. The van der Waals surface area contributed by atoms with Gasteiger partial charge in [0.25, 0.3) is 0 Å². The van der Waals surface area contributed by atoms with Gasteiger partial charge in [0, 0.05) is 19.1 Å². The Kier molecular flexibility index (Phi) is 5.77. The van der Waals surface area contributed by atoms with Gasteiger partial charge in [-0.3, -0.25) is 0 Å². The van der Waals surface area contributed by atoms with Crippen LogP contribution in [-0.2, 0) is 0 Å². The maximum absolute atomic E-state index is 5.89. The van der Waals surface area contributed by atoms with Gasteiger partial charge >= 0.3 is 0 Å². The van der Waals surface area contributed by atoms with Crippen LogP contribution < -0.4 is 5.73 Å². The fourth-order valence-corrected chi connectivity index (χ4v) is 2.37. The zero-order chi connectivity index (χ0) is 12.1. The molecule has 1 saturated carbocycles. The van der Waals surface area contributed by atoms with E-state index in [0.717, 1.165) is 18.4 Å². The Hall–Kier alpha value is -0.0800. The first-order valence-corrected chi connectivity index (χ1v) is 6.97. The molecule has 1 rings (SSSR count). The van der Waals surface area contributed by atoms with E-state index < -0.39 is 0 Å². The van der Waals surface area contributed by atoms with Crippen molar-refractivity contribution in [3.05, 3.63) is 0 Å². The van der Waals surface area contributed by atoms with Gasteiger partial charge in [-0.15, -0.1) is 0 Å². The number of hydrogen-bond donors (Lipinski definition) is 1. The molecule has 0 aromatic rings. The summed E-state index contributed by atoms with van der Waals surface area (Å²) in [5.74, 6) is 2.43. The van der Waals surface area contributed by atoms with Crippen molar-refractivity contribution in [2.45, 2.75) is 53.0 Å². The van der Waals surface area contributed by atoms with Crippen molar-refractivity contribution in [2.75, 3.05) is 19.6 Å². The molecule has 0 aromatic carbocycles. The van der Waals surface area contributed by atoms with E-state index in [2.05, 4.69) is 32.6 Å². The van der Waals surface area contributed by atoms with Crippen LogP contribution >= 0.6 is 0 Å². The van der Waals surface area contributed by atoms with Crippen molar-refractivity contribution in [3.8, 4) is 0 Å². The van der Waals surface area contributed by atoms with Crippen molar-refractivity contribution >= 4 is 0 Å². The van der Waals surface area contributed by atoms with E-state index in [1.165, 1.54) is 32.4 Å². The van der Waals surface area contributed by atoms with Gasteiger partial charge in [-0.2, -0.15) is 0 Å². The van der Waals surface area contributed by atoms with Crippen molar-refractivity contribution < 1.29 is 0 Å². The van der Waals surface area contributed by atoms with Gasteiger partial charge < -0.3 is 10.6 Å². The van der Waals surface area contributed by atoms with E-state index in [9.17, 15) is 0 Å². The van der Waals surface area contributed by atoms with Gasteiger partial charge in [0.15, 0.2) is 0 Å². The van der Waals surface area contributed by atoms with E-state index >= 15 is 0 Å². The summed E-state index contributed by atoms with van der Waals surface area (Å²) in [5, 5.41) is 0. The van der Waals surface area contributed by atoms with Crippen LogP contribution in [0.3, 0.4) is 0 Å². The first-order valence-electron chi connectivity index (χ1n) is 6.97. The fraction of sp³-hybridized carbons (Fsp3) is 1.00. The lowest BCUT2D eigenvalue weighted by Gasteiger charge is -2.31. The maximum Gasteiger partial charge on any atom is 0.00388 e. The number of rotatable bonds is 8. The molecule has 0 bridgehead atoms. The van der Waals surface area contributed by atoms with Crippen LogP contribution in [0.4, 0.5) is 0 Å². The molecule has 0 radical (unpaired) electrons. The summed E-state index contributed by atoms with van der Waals surface area (Å²) in [5.41, 5.74) is 5.89. The minimum absolute atomic E-state index is 0.668. The van der Waals surface area contributed by atoms with E-state index in [-0.39, 0.29) is 0 Å². The summed E-state index contributed by atoms with van der Waals surface area (Å²) < 4.78 is 0. The van der Waals surface area contributed by atoms with Crippen molar-refractivity contribution in [2.24, 2.45) is 23.5 Å². The highest BCUT2D eigenvalue weighted by molar-refractivity contribution is 4.80. The van der Waals surface area contributed by atoms with Crippen molar-refractivity contribution in [1.29, 1.82) is 0 Å². The Labute approximate surface area is 102 Å². The molecule has 0 aliphatic heterocycles. The van der Waals surface area contributed by atoms with E-state index in [4.69, 9.17) is 5.73 Å². The normalized spacial score (nSPS) is 18.8. The molecule has 1 fully saturated rings. The van der Waals surface area contributed by atoms with Crippen molar-refractivity contribution in [1.82, 2.24) is 4.90 Å². The second-order valence-corrected chi connectivity index (χ2v) is 6.22. The second-order valence-electron chi connectivity index (χ2n) is 6.22. The van der Waals surface area contributed by atoms with Crippen LogP contribution in [0.25, 0.3) is 0 Å². The quantitative estimate of drug-likeness (QED) is 0.689. The monoisotopic (exact) mass is 226 g/mol. The largest absolute Gasteiger partial charge is 0.330 e. The molecule has 0 aromatic heterocycles. The van der Waals surface area contributed by atoms with Gasteiger partial charge in [0.05, 0.1) is 0 Å². The van der Waals surface area contributed by atoms with Crippen molar-refractivity contribution in [3.63, 3.8) is 0 Å². The fourth-order valence-electron chi connectivity index (χ4n) is 2.37. The van der Waals surface area contributed by atoms with Crippen LogP contribution in [0.2, 0.25) is 0 Å². The topological polar surface area (TPSA) is 29.3 Å². The standard InChI is InChI=1S/C14H30N2/c1-11(2)7-14(8-15)10-16(12(3)4)9-13-5-6-13/h11-14H,5-10,15H2,1-4H3. The van der Waals surface area contributed by atoms with Gasteiger partial charge in [0.2, 0.25) is 0 Å². The molecule has 0 amide bonds. The molecular formula is C14H30N2. The summed E-state index contributed by atoms with van der Waals surface area (Å²) in [6.45, 7) is 12.5. The highest BCUT2D eigenvalue weighted by Gasteiger charge is 2.26. The first kappa shape index (κ1) is 14.0. The predicted octanol–water partition coefficient (Wildman–Crippen LogP) is 2.73. The Morgan fingerprint density at radius 2 is 1.81 bits per heavy atom. The zero-order valence-electron chi connectivity index (χ0n) is 11.6. The molecule has 0 saturated heterocycles. The highest BCUT2D eigenvalue weighted by Crippen LogP contribution is 2.30. The van der Waals surface area contributed by atoms with E-state index in [0.29, 0.717) is 12.0 Å². The molecular weight excluding hydrogens is 196 g/mol. The van der Waals surface area contributed by atoms with Gasteiger partial charge in [0.1, 0.15) is 0 Å². The Morgan fingerprint density at radius 1 is 1.19 bits per heavy atom. The maximum atomic E-state index is 5.89. The average molecular weight is 226 g/mol. The summed E-state index contributed by atoms with van der Waals surface area (Å²) in [6, 6.07) is 0.668. The highest BCUT2D eigenvalue weighted by atomic mass is 15.2. The molecule has 1 unspecified atom stereocenters. The molecule has 2 nitrogen and oxygen atoms in total. The Morgan fingerprint density at radius 3 is 2.19 bits per heavy atom. The third-order valence-electron chi connectivity index (χ3n) is 3.55.